The Morgan fingerprint density at radius 2 is 1.58 bits per heavy atom. The minimum atomic E-state index is -0.0943. The van der Waals surface area contributed by atoms with E-state index in [4.69, 9.17) is 4.74 Å². The van der Waals surface area contributed by atoms with Gasteiger partial charge >= 0.3 is 0 Å². The molecule has 172 valence electrons. The molecule has 2 rings (SSSR count). The Hall–Kier alpha value is -2.30. The third-order valence-electron chi connectivity index (χ3n) is 5.67. The highest BCUT2D eigenvalue weighted by Gasteiger charge is 2.22. The normalized spacial score (nSPS) is 12.3. The van der Waals surface area contributed by atoms with E-state index in [9.17, 15) is 9.59 Å². The van der Waals surface area contributed by atoms with Crippen LogP contribution in [-0.4, -0.2) is 35.6 Å². The zero-order valence-corrected chi connectivity index (χ0v) is 20.7. The van der Waals surface area contributed by atoms with E-state index in [0.29, 0.717) is 25.3 Å². The molecule has 0 N–H and O–H groups in total. The molecular weight excluding hydrogens is 388 g/mol. The van der Waals surface area contributed by atoms with Crippen molar-refractivity contribution in [2.75, 3.05) is 20.2 Å². The summed E-state index contributed by atoms with van der Waals surface area (Å²) in [6.07, 6.45) is 2.47. The van der Waals surface area contributed by atoms with Gasteiger partial charge in [0.1, 0.15) is 12.3 Å². The number of benzene rings is 1. The van der Waals surface area contributed by atoms with Crippen molar-refractivity contribution in [2.45, 2.75) is 74.3 Å². The van der Waals surface area contributed by atoms with Crippen molar-refractivity contribution >= 4 is 16.8 Å². The van der Waals surface area contributed by atoms with E-state index in [0.717, 1.165) is 29.3 Å². The van der Waals surface area contributed by atoms with Crippen LogP contribution in [0.15, 0.2) is 29.1 Å². The molecule has 5 heteroatoms. The van der Waals surface area contributed by atoms with Gasteiger partial charge in [-0.05, 0) is 53.7 Å². The Bertz CT molecular complexity index is 943. The maximum absolute atomic E-state index is 13.4. The summed E-state index contributed by atoms with van der Waals surface area (Å²) in [5, 5.41) is 0.945. The Morgan fingerprint density at radius 3 is 2.06 bits per heavy atom. The van der Waals surface area contributed by atoms with E-state index < -0.39 is 0 Å². The van der Waals surface area contributed by atoms with Crippen LogP contribution in [0, 0.1) is 10.8 Å². The number of carbonyl (C=O) groups excluding carboxylic acids is 1. The summed E-state index contributed by atoms with van der Waals surface area (Å²) in [5.41, 5.74) is 1.64. The molecule has 0 aliphatic heterocycles. The standard InChI is InChI=1S/C26H40N2O3/c1-9-19-16-20-10-11-21(31-8)17-22(20)28(24(19)30)18-23(29)27(14-12-25(2,3)4)15-13-26(5,6)7/h10-11,16-17H,9,12-15,18H2,1-8H3. The molecule has 0 radical (unpaired) electrons. The molecule has 0 aliphatic carbocycles. The van der Waals surface area contributed by atoms with Crippen LogP contribution >= 0.6 is 0 Å². The number of amides is 1. The number of ether oxygens (including phenoxy) is 1. The number of pyridine rings is 1. The van der Waals surface area contributed by atoms with Crippen molar-refractivity contribution in [2.24, 2.45) is 10.8 Å². The second-order valence-electron chi connectivity index (χ2n) is 10.8. The molecule has 0 unspecified atom stereocenters. The molecule has 1 aromatic heterocycles. The Labute approximate surface area is 187 Å². The molecule has 31 heavy (non-hydrogen) atoms. The first-order valence-corrected chi connectivity index (χ1v) is 11.3. The van der Waals surface area contributed by atoms with Crippen LogP contribution in [0.25, 0.3) is 10.9 Å². The van der Waals surface area contributed by atoms with E-state index in [1.165, 1.54) is 0 Å². The number of carbonyl (C=O) groups is 1. The van der Waals surface area contributed by atoms with Crippen LogP contribution in [0.4, 0.5) is 0 Å². The molecule has 0 aliphatic rings. The lowest BCUT2D eigenvalue weighted by Crippen LogP contribution is -2.40. The average Bonchev–Trinajstić information content (AvgIpc) is 2.67. The summed E-state index contributed by atoms with van der Waals surface area (Å²) in [4.78, 5) is 28.5. The zero-order chi connectivity index (χ0) is 23.4. The molecule has 2 aromatic rings. The number of aryl methyl sites for hydroxylation is 1. The fourth-order valence-corrected chi connectivity index (χ4v) is 3.49. The van der Waals surface area contributed by atoms with Gasteiger partial charge in [-0.15, -0.1) is 0 Å². The Balaban J connectivity index is 2.42. The molecule has 0 saturated carbocycles. The molecule has 0 bridgehead atoms. The van der Waals surface area contributed by atoms with E-state index in [1.54, 1.807) is 11.7 Å². The Kier molecular flexibility index (Phi) is 7.96. The van der Waals surface area contributed by atoms with Gasteiger partial charge in [-0.3, -0.25) is 14.2 Å². The van der Waals surface area contributed by atoms with Crippen LogP contribution < -0.4 is 10.3 Å². The zero-order valence-electron chi connectivity index (χ0n) is 20.7. The fraction of sp³-hybridized carbons (Fsp3) is 0.615. The smallest absolute Gasteiger partial charge is 0.254 e. The number of hydrogen-bond acceptors (Lipinski definition) is 3. The first-order valence-electron chi connectivity index (χ1n) is 11.3. The highest BCUT2D eigenvalue weighted by atomic mass is 16.5. The van der Waals surface area contributed by atoms with Crippen LogP contribution in [-0.2, 0) is 17.8 Å². The van der Waals surface area contributed by atoms with Crippen molar-refractivity contribution in [3.8, 4) is 5.75 Å². The van der Waals surface area contributed by atoms with Crippen LogP contribution in [0.1, 0.15) is 66.9 Å². The van der Waals surface area contributed by atoms with Crippen LogP contribution in [0.5, 0.6) is 5.75 Å². The highest BCUT2D eigenvalue weighted by molar-refractivity contribution is 5.84. The second-order valence-corrected chi connectivity index (χ2v) is 10.8. The first-order chi connectivity index (χ1) is 14.3. The van der Waals surface area contributed by atoms with Crippen molar-refractivity contribution in [3.63, 3.8) is 0 Å². The minimum absolute atomic E-state index is 0.00651. The van der Waals surface area contributed by atoms with Crippen LogP contribution in [0.2, 0.25) is 0 Å². The van der Waals surface area contributed by atoms with Gasteiger partial charge in [0.15, 0.2) is 0 Å². The quantitative estimate of drug-likeness (QED) is 0.575. The molecule has 0 spiro atoms. The monoisotopic (exact) mass is 428 g/mol. The molecule has 1 amide bonds. The predicted octanol–water partition coefficient (Wildman–Crippen LogP) is 5.27. The number of hydrogen-bond donors (Lipinski definition) is 0. The van der Waals surface area contributed by atoms with Gasteiger partial charge in [0.2, 0.25) is 5.91 Å². The third-order valence-corrected chi connectivity index (χ3v) is 5.67. The largest absolute Gasteiger partial charge is 0.497 e. The van der Waals surface area contributed by atoms with Gasteiger partial charge in [-0.25, -0.2) is 0 Å². The summed E-state index contributed by atoms with van der Waals surface area (Å²) in [6.45, 7) is 16.5. The molecule has 0 saturated heterocycles. The van der Waals surface area contributed by atoms with Gasteiger partial charge in [-0.1, -0.05) is 48.5 Å². The summed E-state index contributed by atoms with van der Waals surface area (Å²) < 4.78 is 6.99. The van der Waals surface area contributed by atoms with Crippen molar-refractivity contribution in [1.29, 1.82) is 0 Å². The number of aromatic nitrogens is 1. The third kappa shape index (κ3) is 7.12. The van der Waals surface area contributed by atoms with Crippen molar-refractivity contribution in [3.05, 3.63) is 40.2 Å². The SMILES string of the molecule is CCc1cc2ccc(OC)cc2n(CC(=O)N(CCC(C)(C)C)CCC(C)(C)C)c1=O. The number of nitrogens with zero attached hydrogens (tertiary/aromatic N) is 2. The van der Waals surface area contributed by atoms with Gasteiger partial charge in [0.25, 0.3) is 5.56 Å². The van der Waals surface area contributed by atoms with Gasteiger partial charge < -0.3 is 9.64 Å². The molecule has 1 aromatic carbocycles. The molecule has 0 fully saturated rings. The lowest BCUT2D eigenvalue weighted by molar-refractivity contribution is -0.132. The number of methoxy groups -OCH3 is 1. The summed E-state index contributed by atoms with van der Waals surface area (Å²) in [7, 11) is 1.61. The lowest BCUT2D eigenvalue weighted by Gasteiger charge is -2.30. The van der Waals surface area contributed by atoms with Crippen molar-refractivity contribution < 1.29 is 9.53 Å². The Morgan fingerprint density at radius 1 is 1.00 bits per heavy atom. The molecule has 5 nitrogen and oxygen atoms in total. The molecule has 0 atom stereocenters. The van der Waals surface area contributed by atoms with E-state index in [2.05, 4.69) is 41.5 Å². The second kappa shape index (κ2) is 9.88. The maximum atomic E-state index is 13.4. The van der Waals surface area contributed by atoms with E-state index in [-0.39, 0.29) is 28.8 Å². The van der Waals surface area contributed by atoms with Gasteiger partial charge in [0.05, 0.1) is 12.6 Å². The van der Waals surface area contributed by atoms with Gasteiger partial charge in [-0.2, -0.15) is 0 Å². The van der Waals surface area contributed by atoms with Crippen LogP contribution in [0.3, 0.4) is 0 Å². The van der Waals surface area contributed by atoms with Crippen molar-refractivity contribution in [1.82, 2.24) is 9.47 Å². The minimum Gasteiger partial charge on any atom is -0.497 e. The number of rotatable bonds is 8. The molecule has 1 heterocycles. The topological polar surface area (TPSA) is 51.5 Å². The maximum Gasteiger partial charge on any atom is 0.254 e. The van der Waals surface area contributed by atoms with E-state index >= 15 is 0 Å². The highest BCUT2D eigenvalue weighted by Crippen LogP contribution is 2.24. The van der Waals surface area contributed by atoms with E-state index in [1.807, 2.05) is 36.1 Å². The number of fused-ring (bicyclic) bond motifs is 1. The summed E-state index contributed by atoms with van der Waals surface area (Å²) in [6, 6.07) is 7.61. The average molecular weight is 429 g/mol. The first kappa shape index (κ1) is 25.0. The fourth-order valence-electron chi connectivity index (χ4n) is 3.49. The lowest BCUT2D eigenvalue weighted by atomic mass is 9.90. The predicted molar refractivity (Wildman–Crippen MR) is 129 cm³/mol. The van der Waals surface area contributed by atoms with Gasteiger partial charge in [0, 0.05) is 24.7 Å². The summed E-state index contributed by atoms with van der Waals surface area (Å²) >= 11 is 0. The summed E-state index contributed by atoms with van der Waals surface area (Å²) in [5.74, 6) is 0.669. The molecular formula is C26H40N2O3.